The summed E-state index contributed by atoms with van der Waals surface area (Å²) in [7, 11) is 0. The maximum absolute atomic E-state index is 12.0. The first-order valence-electron chi connectivity index (χ1n) is 6.30. The molecule has 106 valence electrons. The third-order valence-corrected chi connectivity index (χ3v) is 4.22. The van der Waals surface area contributed by atoms with E-state index in [1.165, 1.54) is 0 Å². The molecular formula is C15H11Br2N3O. The molecule has 3 rings (SSSR count). The molecule has 0 aliphatic heterocycles. The van der Waals surface area contributed by atoms with Gasteiger partial charge in [0.05, 0.1) is 17.4 Å². The molecule has 0 saturated carbocycles. The lowest BCUT2D eigenvalue weighted by Crippen LogP contribution is -2.14. The van der Waals surface area contributed by atoms with E-state index in [0.717, 1.165) is 14.6 Å². The van der Waals surface area contributed by atoms with Crippen LogP contribution in [0, 0.1) is 0 Å². The zero-order valence-corrected chi connectivity index (χ0v) is 14.0. The normalized spacial score (nSPS) is 10.8. The lowest BCUT2D eigenvalue weighted by molar-refractivity contribution is 0.952. The fourth-order valence-corrected chi connectivity index (χ4v) is 2.78. The largest absolute Gasteiger partial charge is 0.377 e. The highest BCUT2D eigenvalue weighted by atomic mass is 79.9. The van der Waals surface area contributed by atoms with Gasteiger partial charge in [0, 0.05) is 14.6 Å². The van der Waals surface area contributed by atoms with Crippen LogP contribution in [0.3, 0.4) is 0 Å². The van der Waals surface area contributed by atoms with E-state index >= 15 is 0 Å². The molecule has 0 aliphatic carbocycles. The van der Waals surface area contributed by atoms with E-state index in [2.05, 4.69) is 47.1 Å². The van der Waals surface area contributed by atoms with E-state index in [0.29, 0.717) is 23.3 Å². The van der Waals surface area contributed by atoms with E-state index in [9.17, 15) is 4.79 Å². The van der Waals surface area contributed by atoms with E-state index in [-0.39, 0.29) is 5.56 Å². The Morgan fingerprint density at radius 2 is 1.95 bits per heavy atom. The molecule has 2 N–H and O–H groups in total. The molecule has 0 radical (unpaired) electrons. The zero-order valence-electron chi connectivity index (χ0n) is 10.9. The molecule has 2 aromatic carbocycles. The first kappa shape index (κ1) is 14.3. The van der Waals surface area contributed by atoms with Crippen molar-refractivity contribution in [1.29, 1.82) is 0 Å². The number of aromatic nitrogens is 2. The Kier molecular flexibility index (Phi) is 4.07. The number of para-hydroxylation sites is 1. The maximum Gasteiger partial charge on any atom is 0.258 e. The fraction of sp³-hybridized carbons (Fsp3) is 0.0667. The van der Waals surface area contributed by atoms with Crippen molar-refractivity contribution in [1.82, 2.24) is 9.97 Å². The van der Waals surface area contributed by atoms with Crippen molar-refractivity contribution in [3.05, 3.63) is 67.6 Å². The number of H-pyrrole nitrogens is 1. The summed E-state index contributed by atoms with van der Waals surface area (Å²) in [5, 5.41) is 3.85. The predicted octanol–water partition coefficient (Wildman–Crippen LogP) is 4.06. The molecule has 0 aliphatic rings. The van der Waals surface area contributed by atoms with Gasteiger partial charge in [-0.1, -0.05) is 28.1 Å². The number of nitrogens with zero attached hydrogens (tertiary/aromatic N) is 1. The Labute approximate surface area is 137 Å². The highest BCUT2D eigenvalue weighted by Crippen LogP contribution is 2.26. The average Bonchev–Trinajstić information content (AvgIpc) is 2.48. The van der Waals surface area contributed by atoms with Gasteiger partial charge in [-0.05, 0) is 46.3 Å². The predicted molar refractivity (Wildman–Crippen MR) is 91.5 cm³/mol. The molecule has 0 unspecified atom stereocenters. The van der Waals surface area contributed by atoms with Crippen LogP contribution < -0.4 is 10.9 Å². The molecule has 0 amide bonds. The van der Waals surface area contributed by atoms with E-state index < -0.39 is 0 Å². The van der Waals surface area contributed by atoms with Crippen molar-refractivity contribution in [2.75, 3.05) is 5.32 Å². The standard InChI is InChI=1S/C15H11Br2N3O/c16-9-5-6-11(17)13(7-9)18-8-14-19-12-4-2-1-3-10(12)15(21)20-14/h1-7,18H,8H2,(H,19,20,21). The summed E-state index contributed by atoms with van der Waals surface area (Å²) in [4.78, 5) is 19.2. The monoisotopic (exact) mass is 407 g/mol. The first-order valence-corrected chi connectivity index (χ1v) is 7.89. The summed E-state index contributed by atoms with van der Waals surface area (Å²) in [5.74, 6) is 0.602. The van der Waals surface area contributed by atoms with Gasteiger partial charge in [-0.25, -0.2) is 4.98 Å². The van der Waals surface area contributed by atoms with Gasteiger partial charge >= 0.3 is 0 Å². The minimum Gasteiger partial charge on any atom is -0.377 e. The number of fused-ring (bicyclic) bond motifs is 1. The third kappa shape index (κ3) is 3.16. The van der Waals surface area contributed by atoms with Gasteiger partial charge in [0.15, 0.2) is 0 Å². The summed E-state index contributed by atoms with van der Waals surface area (Å²) < 4.78 is 1.93. The lowest BCUT2D eigenvalue weighted by Gasteiger charge is -2.09. The van der Waals surface area contributed by atoms with Gasteiger partial charge in [0.1, 0.15) is 5.82 Å². The van der Waals surface area contributed by atoms with Gasteiger partial charge in [-0.3, -0.25) is 4.79 Å². The second-order valence-electron chi connectivity index (χ2n) is 4.51. The molecular weight excluding hydrogens is 398 g/mol. The van der Waals surface area contributed by atoms with Crippen LogP contribution in [-0.2, 0) is 6.54 Å². The van der Waals surface area contributed by atoms with Crippen LogP contribution in [0.5, 0.6) is 0 Å². The van der Waals surface area contributed by atoms with Crippen molar-refractivity contribution < 1.29 is 0 Å². The van der Waals surface area contributed by atoms with Crippen molar-refractivity contribution in [2.24, 2.45) is 0 Å². The summed E-state index contributed by atoms with van der Waals surface area (Å²) >= 11 is 6.91. The number of benzene rings is 2. The highest BCUT2D eigenvalue weighted by molar-refractivity contribution is 9.11. The second-order valence-corrected chi connectivity index (χ2v) is 6.28. The number of nitrogens with one attached hydrogen (secondary N) is 2. The van der Waals surface area contributed by atoms with Crippen molar-refractivity contribution in [3.63, 3.8) is 0 Å². The van der Waals surface area contributed by atoms with E-state index in [4.69, 9.17) is 0 Å². The number of aromatic amines is 1. The SMILES string of the molecule is O=c1[nH]c(CNc2cc(Br)ccc2Br)nc2ccccc12. The topological polar surface area (TPSA) is 57.8 Å². The van der Waals surface area contributed by atoms with E-state index in [1.54, 1.807) is 6.07 Å². The lowest BCUT2D eigenvalue weighted by atomic mass is 10.2. The van der Waals surface area contributed by atoms with Gasteiger partial charge in [0.2, 0.25) is 0 Å². The summed E-state index contributed by atoms with van der Waals surface area (Å²) in [5.41, 5.74) is 1.51. The quantitative estimate of drug-likeness (QED) is 0.686. The second kappa shape index (κ2) is 5.99. The van der Waals surface area contributed by atoms with Crippen molar-refractivity contribution in [3.8, 4) is 0 Å². The molecule has 0 atom stereocenters. The molecule has 3 aromatic rings. The molecule has 4 nitrogen and oxygen atoms in total. The molecule has 0 saturated heterocycles. The number of hydrogen-bond donors (Lipinski definition) is 2. The zero-order chi connectivity index (χ0) is 14.8. The third-order valence-electron chi connectivity index (χ3n) is 3.04. The van der Waals surface area contributed by atoms with Crippen molar-refractivity contribution in [2.45, 2.75) is 6.54 Å². The number of anilines is 1. The molecule has 6 heteroatoms. The van der Waals surface area contributed by atoms with Gasteiger partial charge in [-0.2, -0.15) is 0 Å². The van der Waals surface area contributed by atoms with Crippen LogP contribution in [0.2, 0.25) is 0 Å². The maximum atomic E-state index is 12.0. The number of rotatable bonds is 3. The smallest absolute Gasteiger partial charge is 0.258 e. The Morgan fingerprint density at radius 1 is 1.14 bits per heavy atom. The Bertz CT molecular complexity index is 861. The minimum absolute atomic E-state index is 0.120. The van der Waals surface area contributed by atoms with Crippen LogP contribution in [0.25, 0.3) is 10.9 Å². The Morgan fingerprint density at radius 3 is 2.81 bits per heavy atom. The molecule has 1 heterocycles. The minimum atomic E-state index is -0.120. The van der Waals surface area contributed by atoms with Gasteiger partial charge in [-0.15, -0.1) is 0 Å². The molecule has 0 spiro atoms. The molecule has 0 bridgehead atoms. The summed E-state index contributed by atoms with van der Waals surface area (Å²) in [6.45, 7) is 0.440. The Hall–Kier alpha value is -1.66. The van der Waals surface area contributed by atoms with Crippen LogP contribution >= 0.6 is 31.9 Å². The molecule has 1 aromatic heterocycles. The van der Waals surface area contributed by atoms with Gasteiger partial charge < -0.3 is 10.3 Å². The number of halogens is 2. The van der Waals surface area contributed by atoms with Crippen LogP contribution in [-0.4, -0.2) is 9.97 Å². The summed E-state index contributed by atoms with van der Waals surface area (Å²) in [6, 6.07) is 13.2. The van der Waals surface area contributed by atoms with Gasteiger partial charge in [0.25, 0.3) is 5.56 Å². The van der Waals surface area contributed by atoms with Crippen LogP contribution in [0.4, 0.5) is 5.69 Å². The highest BCUT2D eigenvalue weighted by Gasteiger charge is 2.05. The van der Waals surface area contributed by atoms with Crippen LogP contribution in [0.1, 0.15) is 5.82 Å². The molecule has 21 heavy (non-hydrogen) atoms. The molecule has 0 fully saturated rings. The van der Waals surface area contributed by atoms with Crippen molar-refractivity contribution >= 4 is 48.5 Å². The summed E-state index contributed by atoms with van der Waals surface area (Å²) in [6.07, 6.45) is 0. The Balaban J connectivity index is 1.88. The van der Waals surface area contributed by atoms with Crippen LogP contribution in [0.15, 0.2) is 56.2 Å². The fourth-order valence-electron chi connectivity index (χ4n) is 2.03. The first-order chi connectivity index (χ1) is 10.1. The van der Waals surface area contributed by atoms with E-state index in [1.807, 2.05) is 36.4 Å². The average molecular weight is 409 g/mol. The number of hydrogen-bond acceptors (Lipinski definition) is 3.